The zero-order chi connectivity index (χ0) is 13.3. The molecule has 18 heavy (non-hydrogen) atoms. The lowest BCUT2D eigenvalue weighted by molar-refractivity contribution is 0.416. The largest absolute Gasteiger partial charge is 0.437 e. The molecule has 0 spiro atoms. The van der Waals surface area contributed by atoms with Gasteiger partial charge < -0.3 is 10.5 Å². The van der Waals surface area contributed by atoms with Crippen LogP contribution in [0.25, 0.3) is 0 Å². The lowest BCUT2D eigenvalue weighted by Gasteiger charge is -2.10. The van der Waals surface area contributed by atoms with E-state index in [1.165, 1.54) is 0 Å². The molecule has 96 valence electrons. The summed E-state index contributed by atoms with van der Waals surface area (Å²) < 4.78 is 8.69. The van der Waals surface area contributed by atoms with Crippen LogP contribution < -0.4 is 10.5 Å². The normalized spacial score (nSPS) is 10.7. The van der Waals surface area contributed by atoms with Gasteiger partial charge in [0, 0.05) is 11.0 Å². The number of nitrogen functional groups attached to an aromatic ring is 1. The molecule has 0 unspecified atom stereocenters. The Morgan fingerprint density at radius 1 is 1.39 bits per heavy atom. The van der Waals surface area contributed by atoms with Crippen LogP contribution in [-0.4, -0.2) is 9.78 Å². The summed E-state index contributed by atoms with van der Waals surface area (Å²) in [4.78, 5) is 0. The summed E-state index contributed by atoms with van der Waals surface area (Å²) in [6, 6.07) is 5.87. The van der Waals surface area contributed by atoms with Gasteiger partial charge in [-0.05, 0) is 44.5 Å². The zero-order valence-corrected chi connectivity index (χ0v) is 12.3. The van der Waals surface area contributed by atoms with Gasteiger partial charge in [-0.2, -0.15) is 5.10 Å². The van der Waals surface area contributed by atoms with Crippen LogP contribution in [0, 0.1) is 13.8 Å². The van der Waals surface area contributed by atoms with Gasteiger partial charge >= 0.3 is 0 Å². The van der Waals surface area contributed by atoms with Crippen molar-refractivity contribution < 1.29 is 4.74 Å². The number of hydrogen-bond acceptors (Lipinski definition) is 3. The highest BCUT2D eigenvalue weighted by Crippen LogP contribution is 2.32. The fraction of sp³-hybridized carbons (Fsp3) is 0.308. The number of aromatic nitrogens is 2. The molecule has 1 aromatic carbocycles. The lowest BCUT2D eigenvalue weighted by atomic mass is 10.2. The summed E-state index contributed by atoms with van der Waals surface area (Å²) in [7, 11) is 0. The Morgan fingerprint density at radius 3 is 2.72 bits per heavy atom. The van der Waals surface area contributed by atoms with E-state index in [4.69, 9.17) is 10.5 Å². The fourth-order valence-corrected chi connectivity index (χ4v) is 2.20. The third-order valence-electron chi connectivity index (χ3n) is 2.77. The van der Waals surface area contributed by atoms with E-state index in [1.807, 2.05) is 39.0 Å². The number of anilines is 1. The van der Waals surface area contributed by atoms with Crippen molar-refractivity contribution in [2.75, 3.05) is 5.73 Å². The zero-order valence-electron chi connectivity index (χ0n) is 10.7. The Balaban J connectivity index is 2.39. The second-order valence-electron chi connectivity index (χ2n) is 4.13. The average Bonchev–Trinajstić information content (AvgIpc) is 2.60. The number of ether oxygens (including phenoxy) is 1. The number of halogens is 1. The first-order chi connectivity index (χ1) is 8.52. The minimum atomic E-state index is 0.596. The van der Waals surface area contributed by atoms with Crippen molar-refractivity contribution in [3.05, 3.63) is 33.9 Å². The molecule has 0 saturated heterocycles. The lowest BCUT2D eigenvalue weighted by Crippen LogP contribution is -2.01. The summed E-state index contributed by atoms with van der Waals surface area (Å²) in [5, 5.41) is 4.33. The maximum absolute atomic E-state index is 5.99. The van der Waals surface area contributed by atoms with Crippen LogP contribution in [0.4, 0.5) is 5.69 Å². The van der Waals surface area contributed by atoms with Gasteiger partial charge in [-0.1, -0.05) is 15.9 Å². The molecule has 2 aromatic rings. The van der Waals surface area contributed by atoms with Gasteiger partial charge in [0.25, 0.3) is 0 Å². The maximum atomic E-state index is 5.99. The van der Waals surface area contributed by atoms with Crippen molar-refractivity contribution in [3.63, 3.8) is 0 Å². The van der Waals surface area contributed by atoms with E-state index in [2.05, 4.69) is 21.0 Å². The van der Waals surface area contributed by atoms with Crippen molar-refractivity contribution in [1.29, 1.82) is 0 Å². The molecule has 0 saturated carbocycles. The van der Waals surface area contributed by atoms with Crippen molar-refractivity contribution in [2.24, 2.45) is 0 Å². The Labute approximate surface area is 115 Å². The van der Waals surface area contributed by atoms with Crippen LogP contribution in [0.3, 0.4) is 0 Å². The summed E-state index contributed by atoms with van der Waals surface area (Å²) in [6.07, 6.45) is 0. The predicted molar refractivity (Wildman–Crippen MR) is 76.0 cm³/mol. The average molecular weight is 310 g/mol. The quantitative estimate of drug-likeness (QED) is 0.941. The van der Waals surface area contributed by atoms with Gasteiger partial charge in [0.15, 0.2) is 0 Å². The van der Waals surface area contributed by atoms with E-state index in [0.717, 1.165) is 28.0 Å². The highest BCUT2D eigenvalue weighted by atomic mass is 79.9. The van der Waals surface area contributed by atoms with Crippen LogP contribution >= 0.6 is 15.9 Å². The molecular weight excluding hydrogens is 294 g/mol. The summed E-state index contributed by atoms with van der Waals surface area (Å²) in [5.74, 6) is 1.40. The first-order valence-corrected chi connectivity index (χ1v) is 6.59. The van der Waals surface area contributed by atoms with E-state index in [0.29, 0.717) is 11.6 Å². The van der Waals surface area contributed by atoms with Crippen LogP contribution in [0.2, 0.25) is 0 Å². The number of rotatable bonds is 3. The van der Waals surface area contributed by atoms with E-state index < -0.39 is 0 Å². The first kappa shape index (κ1) is 13.0. The molecule has 5 heteroatoms. The van der Waals surface area contributed by atoms with Crippen molar-refractivity contribution in [2.45, 2.75) is 27.3 Å². The van der Waals surface area contributed by atoms with E-state index in [1.54, 1.807) is 4.68 Å². The second kappa shape index (κ2) is 5.02. The Hall–Kier alpha value is -1.49. The van der Waals surface area contributed by atoms with Crippen molar-refractivity contribution >= 4 is 21.6 Å². The monoisotopic (exact) mass is 309 g/mol. The molecule has 1 aromatic heterocycles. The Morgan fingerprint density at radius 2 is 2.11 bits per heavy atom. The van der Waals surface area contributed by atoms with Gasteiger partial charge in [0.2, 0.25) is 5.88 Å². The van der Waals surface area contributed by atoms with E-state index >= 15 is 0 Å². The molecule has 0 amide bonds. The molecule has 1 heterocycles. The number of aryl methyl sites for hydroxylation is 3. The molecule has 0 atom stereocenters. The third kappa shape index (κ3) is 2.36. The molecule has 0 aliphatic heterocycles. The molecule has 0 bridgehead atoms. The van der Waals surface area contributed by atoms with Crippen molar-refractivity contribution in [1.82, 2.24) is 9.78 Å². The molecular formula is C13H16BrN3O. The van der Waals surface area contributed by atoms with Crippen LogP contribution in [0.15, 0.2) is 22.7 Å². The Kier molecular flexibility index (Phi) is 3.61. The minimum Gasteiger partial charge on any atom is -0.437 e. The van der Waals surface area contributed by atoms with Crippen LogP contribution in [0.5, 0.6) is 11.6 Å². The SMILES string of the molecule is CCn1nc(C)c(N)c1Oc1ccc(Br)cc1C. The third-order valence-corrected chi connectivity index (χ3v) is 3.26. The highest BCUT2D eigenvalue weighted by Gasteiger charge is 2.14. The molecule has 0 aliphatic carbocycles. The van der Waals surface area contributed by atoms with Gasteiger partial charge in [0.05, 0.1) is 5.69 Å². The predicted octanol–water partition coefficient (Wildman–Crippen LogP) is 3.66. The molecule has 2 rings (SSSR count). The molecule has 0 aliphatic rings. The highest BCUT2D eigenvalue weighted by molar-refractivity contribution is 9.10. The smallest absolute Gasteiger partial charge is 0.241 e. The van der Waals surface area contributed by atoms with Gasteiger partial charge in [-0.3, -0.25) is 0 Å². The minimum absolute atomic E-state index is 0.596. The number of nitrogens with two attached hydrogens (primary N) is 1. The molecule has 0 fully saturated rings. The topological polar surface area (TPSA) is 53.1 Å². The van der Waals surface area contributed by atoms with Crippen LogP contribution in [-0.2, 0) is 6.54 Å². The van der Waals surface area contributed by atoms with Crippen LogP contribution in [0.1, 0.15) is 18.2 Å². The number of benzene rings is 1. The van der Waals surface area contributed by atoms with Gasteiger partial charge in [0.1, 0.15) is 11.4 Å². The van der Waals surface area contributed by atoms with Gasteiger partial charge in [-0.15, -0.1) is 0 Å². The second-order valence-corrected chi connectivity index (χ2v) is 5.05. The fourth-order valence-electron chi connectivity index (χ4n) is 1.73. The first-order valence-electron chi connectivity index (χ1n) is 5.79. The Bertz CT molecular complexity index is 578. The summed E-state index contributed by atoms with van der Waals surface area (Å²) in [6.45, 7) is 6.61. The van der Waals surface area contributed by atoms with Gasteiger partial charge in [-0.25, -0.2) is 4.68 Å². The number of hydrogen-bond donors (Lipinski definition) is 1. The molecule has 4 nitrogen and oxygen atoms in total. The maximum Gasteiger partial charge on any atom is 0.241 e. The van der Waals surface area contributed by atoms with E-state index in [9.17, 15) is 0 Å². The molecule has 2 N–H and O–H groups in total. The molecule has 0 radical (unpaired) electrons. The van der Waals surface area contributed by atoms with Crippen molar-refractivity contribution in [3.8, 4) is 11.6 Å². The van der Waals surface area contributed by atoms with E-state index in [-0.39, 0.29) is 0 Å². The summed E-state index contributed by atoms with van der Waals surface area (Å²) >= 11 is 3.43. The summed E-state index contributed by atoms with van der Waals surface area (Å²) in [5.41, 5.74) is 8.43. The standard InChI is InChI=1S/C13H16BrN3O/c1-4-17-13(12(15)9(3)16-17)18-11-6-5-10(14)7-8(11)2/h5-7H,4,15H2,1-3H3. The number of nitrogens with zero attached hydrogens (tertiary/aromatic N) is 2.